The van der Waals surface area contributed by atoms with Crippen molar-refractivity contribution in [1.29, 1.82) is 0 Å². The Morgan fingerprint density at radius 1 is 0.964 bits per heavy atom. The Bertz CT molecular complexity index is 1850. The molecule has 2 heterocycles. The summed E-state index contributed by atoms with van der Waals surface area (Å²) in [6.07, 6.45) is -5.26. The maximum Gasteiger partial charge on any atom is 0.418 e. The summed E-state index contributed by atoms with van der Waals surface area (Å²) in [4.78, 5) is 58.8. The summed E-state index contributed by atoms with van der Waals surface area (Å²) in [6, 6.07) is 16.7. The molecule has 2 aliphatic heterocycles. The third kappa shape index (κ3) is 10.6. The van der Waals surface area contributed by atoms with Gasteiger partial charge in [-0.3, -0.25) is 9.59 Å². The Balaban J connectivity index is 1.25. The number of halogens is 4. The highest BCUT2D eigenvalue weighted by Crippen LogP contribution is 2.38. The molecule has 0 radical (unpaired) electrons. The first kappa shape index (κ1) is 42.0. The van der Waals surface area contributed by atoms with E-state index in [1.165, 1.54) is 15.9 Å². The van der Waals surface area contributed by atoms with Crippen molar-refractivity contribution < 1.29 is 41.8 Å². The Labute approximate surface area is 329 Å². The highest BCUT2D eigenvalue weighted by atomic mass is 35.5. The number of piperazine rings is 1. The van der Waals surface area contributed by atoms with Crippen LogP contribution in [0.2, 0.25) is 5.02 Å². The van der Waals surface area contributed by atoms with Gasteiger partial charge in [0.1, 0.15) is 0 Å². The lowest BCUT2D eigenvalue weighted by Crippen LogP contribution is -2.53. The molecule has 3 aromatic carbocycles. The van der Waals surface area contributed by atoms with E-state index < -0.39 is 41.5 Å². The van der Waals surface area contributed by atoms with Crippen molar-refractivity contribution in [1.82, 2.24) is 14.7 Å². The lowest BCUT2D eigenvalue weighted by molar-refractivity contribution is -0.141. The zero-order chi connectivity index (χ0) is 40.6. The maximum atomic E-state index is 14.1. The summed E-state index contributed by atoms with van der Waals surface area (Å²) in [5.41, 5.74) is 7.19. The number of nitrogens with one attached hydrogen (secondary N) is 1. The van der Waals surface area contributed by atoms with Crippen LogP contribution in [0, 0.1) is 0 Å². The van der Waals surface area contributed by atoms with Crippen LogP contribution in [0.3, 0.4) is 0 Å². The van der Waals surface area contributed by atoms with Gasteiger partial charge in [-0.15, -0.1) is 0 Å². The molecule has 2 saturated heterocycles. The van der Waals surface area contributed by atoms with E-state index in [9.17, 15) is 32.3 Å². The minimum absolute atomic E-state index is 0.0255. The van der Waals surface area contributed by atoms with Crippen molar-refractivity contribution in [2.24, 2.45) is 0 Å². The highest BCUT2D eigenvalue weighted by Gasteiger charge is 2.37. The number of benzene rings is 3. The number of para-hydroxylation sites is 1. The number of nitrogens with two attached hydrogens (primary N) is 1. The minimum Gasteiger partial charge on any atom is -0.459 e. The van der Waals surface area contributed by atoms with Crippen LogP contribution in [0.4, 0.5) is 35.0 Å². The molecule has 3 aromatic rings. The fourth-order valence-electron chi connectivity index (χ4n) is 7.03. The van der Waals surface area contributed by atoms with E-state index in [-0.39, 0.29) is 55.3 Å². The zero-order valence-corrected chi connectivity index (χ0v) is 32.4. The number of esters is 1. The average Bonchev–Trinajstić information content (AvgIpc) is 3.18. The molecule has 5 rings (SSSR count). The molecular weight excluding hydrogens is 753 g/mol. The van der Waals surface area contributed by atoms with Crippen LogP contribution < -0.4 is 16.0 Å². The topological polar surface area (TPSA) is 138 Å². The summed E-state index contributed by atoms with van der Waals surface area (Å²) in [7, 11) is 1.84. The van der Waals surface area contributed by atoms with Crippen LogP contribution in [0.1, 0.15) is 53.7 Å². The summed E-state index contributed by atoms with van der Waals surface area (Å²) >= 11 is 6.11. The predicted molar refractivity (Wildman–Crippen MR) is 208 cm³/mol. The predicted octanol–water partition coefficient (Wildman–Crippen LogP) is 6.11. The number of carbonyl (C=O) groups excluding carboxylic acids is 4. The first-order valence-electron chi connectivity index (χ1n) is 18.6. The van der Waals surface area contributed by atoms with Crippen LogP contribution >= 0.6 is 11.6 Å². The number of alkyl halides is 3. The molecule has 0 saturated carbocycles. The molecule has 16 heteroatoms. The second-order valence-corrected chi connectivity index (χ2v) is 14.6. The average molecular weight is 801 g/mol. The third-order valence-corrected chi connectivity index (χ3v) is 10.4. The summed E-state index contributed by atoms with van der Waals surface area (Å²) in [5.74, 6) is -0.989. The van der Waals surface area contributed by atoms with Gasteiger partial charge in [-0.1, -0.05) is 29.8 Å². The first-order chi connectivity index (χ1) is 26.7. The van der Waals surface area contributed by atoms with Crippen LogP contribution in [0.25, 0.3) is 0 Å². The number of carbonyl (C=O) groups is 4. The smallest absolute Gasteiger partial charge is 0.418 e. The lowest BCUT2D eigenvalue weighted by Gasteiger charge is -2.38. The van der Waals surface area contributed by atoms with E-state index in [2.05, 4.69) is 5.32 Å². The van der Waals surface area contributed by atoms with E-state index >= 15 is 0 Å². The highest BCUT2D eigenvalue weighted by molar-refractivity contribution is 6.33. The van der Waals surface area contributed by atoms with Gasteiger partial charge in [-0.05, 0) is 86.7 Å². The van der Waals surface area contributed by atoms with Gasteiger partial charge in [0, 0.05) is 76.7 Å². The number of nitrogens with zero attached hydrogens (tertiary/aromatic N) is 4. The quantitative estimate of drug-likeness (QED) is 0.119. The number of piperidine rings is 1. The lowest BCUT2D eigenvalue weighted by atomic mass is 10.0. The first-order valence-corrected chi connectivity index (χ1v) is 19.0. The summed E-state index contributed by atoms with van der Waals surface area (Å²) < 4.78 is 52.7. The van der Waals surface area contributed by atoms with Gasteiger partial charge >= 0.3 is 18.2 Å². The molecule has 0 aliphatic carbocycles. The number of hydrogen-bond donors (Lipinski definition) is 2. The van der Waals surface area contributed by atoms with E-state index in [0.717, 1.165) is 29.4 Å². The van der Waals surface area contributed by atoms with Crippen LogP contribution in [0.15, 0.2) is 60.7 Å². The molecular formula is C40H48ClF3N6O6. The number of rotatable bonds is 13. The summed E-state index contributed by atoms with van der Waals surface area (Å²) in [6.45, 7) is 5.83. The molecule has 0 spiro atoms. The molecule has 2 fully saturated rings. The van der Waals surface area contributed by atoms with Crippen molar-refractivity contribution in [2.45, 2.75) is 64.0 Å². The third-order valence-electron chi connectivity index (χ3n) is 10.1. The molecule has 0 bridgehead atoms. The number of anilines is 3. The molecule has 12 nitrogen and oxygen atoms in total. The minimum atomic E-state index is -4.81. The molecule has 3 N–H and O–H groups in total. The van der Waals surface area contributed by atoms with E-state index in [4.69, 9.17) is 26.8 Å². The molecule has 302 valence electrons. The number of ether oxygens (including phenoxy) is 2. The van der Waals surface area contributed by atoms with Crippen molar-refractivity contribution in [3.8, 4) is 0 Å². The fraction of sp³-hybridized carbons (Fsp3) is 0.450. The molecule has 2 aliphatic rings. The Hall–Kier alpha value is -5.18. The van der Waals surface area contributed by atoms with Gasteiger partial charge in [0.05, 0.1) is 27.9 Å². The molecule has 56 heavy (non-hydrogen) atoms. The van der Waals surface area contributed by atoms with Crippen molar-refractivity contribution in [3.63, 3.8) is 0 Å². The Morgan fingerprint density at radius 3 is 2.23 bits per heavy atom. The van der Waals surface area contributed by atoms with Gasteiger partial charge in [0.2, 0.25) is 6.41 Å². The van der Waals surface area contributed by atoms with Crippen LogP contribution in [-0.2, 0) is 38.1 Å². The van der Waals surface area contributed by atoms with Crippen LogP contribution in [0.5, 0.6) is 0 Å². The molecule has 1 atom stereocenters. The second kappa shape index (κ2) is 18.6. The monoisotopic (exact) mass is 800 g/mol. The molecule has 3 amide bonds. The van der Waals surface area contributed by atoms with E-state index in [1.54, 1.807) is 43.0 Å². The zero-order valence-electron chi connectivity index (χ0n) is 31.7. The van der Waals surface area contributed by atoms with E-state index in [0.29, 0.717) is 44.5 Å². The normalized spacial score (nSPS) is 15.7. The van der Waals surface area contributed by atoms with Gasteiger partial charge in [-0.2, -0.15) is 13.2 Å². The van der Waals surface area contributed by atoms with Gasteiger partial charge in [0.15, 0.2) is 6.10 Å². The molecule has 0 unspecified atom stereocenters. The Morgan fingerprint density at radius 2 is 1.62 bits per heavy atom. The van der Waals surface area contributed by atoms with Crippen molar-refractivity contribution in [2.75, 3.05) is 68.8 Å². The van der Waals surface area contributed by atoms with Gasteiger partial charge in [-0.25, -0.2) is 9.59 Å². The largest absolute Gasteiger partial charge is 0.459 e. The number of amides is 3. The SMILES string of the molecule is CNc1ccccc1CCN(C=O)C1CCN(C(=O)O[C@H](Cc2cc(Cl)c(N)c(C(F)(F)F)c2)C(=O)N2CCN(c3ccc(C(=O)OC(C)C)cc3)CC2)CC1. The van der Waals surface area contributed by atoms with Gasteiger partial charge in [0.25, 0.3) is 5.91 Å². The van der Waals surface area contributed by atoms with Crippen molar-refractivity contribution >= 4 is 53.0 Å². The maximum absolute atomic E-state index is 14.1. The standard InChI is InChI=1S/C40H48ClF3N6O6/c1-26(2)55-38(53)29-8-10-30(11-9-29)47-18-20-48(21-19-47)37(52)35(24-27-22-32(40(42,43)44)36(45)33(41)23-27)56-39(54)49-16-13-31(14-17-49)50(25-51)15-12-28-6-4-5-7-34(28)46-3/h4-11,22-23,25-26,31,35,46H,12-21,24,45H2,1-3H3/t35-/m1/s1. The van der Waals surface area contributed by atoms with Gasteiger partial charge < -0.3 is 40.1 Å². The number of likely N-dealkylation sites (tertiary alicyclic amines) is 1. The summed E-state index contributed by atoms with van der Waals surface area (Å²) in [5, 5.41) is 2.82. The van der Waals surface area contributed by atoms with Crippen LogP contribution in [-0.4, -0.2) is 110 Å². The fourth-order valence-corrected chi connectivity index (χ4v) is 7.27. The Kier molecular flexibility index (Phi) is 14.0. The molecule has 0 aromatic heterocycles. The second-order valence-electron chi connectivity index (χ2n) is 14.1. The van der Waals surface area contributed by atoms with E-state index in [1.807, 2.05) is 36.2 Å². The van der Waals surface area contributed by atoms with Crippen molar-refractivity contribution in [3.05, 3.63) is 87.9 Å². The number of hydrogen-bond acceptors (Lipinski definition) is 9. The number of nitrogen functional groups attached to an aromatic ring is 1.